The predicted molar refractivity (Wildman–Crippen MR) is 72.4 cm³/mol. The fourth-order valence-electron chi connectivity index (χ4n) is 1.69. The molecule has 18 heavy (non-hydrogen) atoms. The van der Waals surface area contributed by atoms with Crippen LogP contribution in [0.5, 0.6) is 5.75 Å². The van der Waals surface area contributed by atoms with Crippen molar-refractivity contribution in [2.45, 2.75) is 26.9 Å². The van der Waals surface area contributed by atoms with Crippen LogP contribution in [0.2, 0.25) is 0 Å². The zero-order valence-corrected chi connectivity index (χ0v) is 10.8. The van der Waals surface area contributed by atoms with Gasteiger partial charge in [0.2, 0.25) is 0 Å². The number of nitrogens with zero attached hydrogens (tertiary/aromatic N) is 2. The molecule has 1 aromatic carbocycles. The second-order valence-electron chi connectivity index (χ2n) is 4.49. The molecule has 2 aromatic rings. The number of rotatable bonds is 3. The molecule has 1 heterocycles. The fourth-order valence-corrected chi connectivity index (χ4v) is 1.69. The maximum atomic E-state index is 5.70. The summed E-state index contributed by atoms with van der Waals surface area (Å²) in [6, 6.07) is 9.59. The lowest BCUT2D eigenvalue weighted by atomic mass is 10.1. The van der Waals surface area contributed by atoms with Crippen LogP contribution in [0.25, 0.3) is 11.3 Å². The Morgan fingerprint density at radius 2 is 1.89 bits per heavy atom. The van der Waals surface area contributed by atoms with Gasteiger partial charge in [0.15, 0.2) is 0 Å². The molecule has 2 rings (SSSR count). The Labute approximate surface area is 107 Å². The Bertz CT molecular complexity index is 535. The van der Waals surface area contributed by atoms with Crippen LogP contribution < -0.4 is 10.5 Å². The molecule has 0 radical (unpaired) electrons. The quantitative estimate of drug-likeness (QED) is 0.900. The number of hydrogen-bond donors (Lipinski definition) is 1. The number of hydrogen-bond acceptors (Lipinski definition) is 4. The van der Waals surface area contributed by atoms with E-state index in [1.165, 1.54) is 0 Å². The highest BCUT2D eigenvalue weighted by Crippen LogP contribution is 2.25. The van der Waals surface area contributed by atoms with E-state index in [1.54, 1.807) is 6.07 Å². The van der Waals surface area contributed by atoms with E-state index in [2.05, 4.69) is 10.2 Å². The Morgan fingerprint density at radius 3 is 2.44 bits per heavy atom. The van der Waals surface area contributed by atoms with Gasteiger partial charge < -0.3 is 10.5 Å². The van der Waals surface area contributed by atoms with Gasteiger partial charge in [0.1, 0.15) is 11.6 Å². The van der Waals surface area contributed by atoms with Crippen molar-refractivity contribution in [2.75, 3.05) is 5.73 Å². The number of nitrogen functional groups attached to an aromatic ring is 1. The van der Waals surface area contributed by atoms with E-state index < -0.39 is 0 Å². The minimum Gasteiger partial charge on any atom is -0.491 e. The molecule has 0 aliphatic heterocycles. The second-order valence-corrected chi connectivity index (χ2v) is 4.49. The van der Waals surface area contributed by atoms with Crippen molar-refractivity contribution in [3.05, 3.63) is 35.9 Å². The third kappa shape index (κ3) is 2.77. The number of anilines is 1. The first-order valence-electron chi connectivity index (χ1n) is 5.93. The molecule has 0 saturated carbocycles. The first kappa shape index (κ1) is 12.4. The number of nitrogens with two attached hydrogens (primary N) is 1. The number of aryl methyl sites for hydroxylation is 1. The maximum absolute atomic E-state index is 5.70. The first-order valence-corrected chi connectivity index (χ1v) is 5.93. The number of aromatic nitrogens is 2. The molecule has 0 bridgehead atoms. The van der Waals surface area contributed by atoms with Gasteiger partial charge in [0.25, 0.3) is 0 Å². The summed E-state index contributed by atoms with van der Waals surface area (Å²) in [5.74, 6) is 1.33. The highest BCUT2D eigenvalue weighted by atomic mass is 16.5. The highest BCUT2D eigenvalue weighted by molar-refractivity contribution is 5.62. The summed E-state index contributed by atoms with van der Waals surface area (Å²) < 4.78 is 5.70. The fraction of sp³-hybridized carbons (Fsp3) is 0.286. The summed E-state index contributed by atoms with van der Waals surface area (Å²) >= 11 is 0. The summed E-state index contributed by atoms with van der Waals surface area (Å²) in [4.78, 5) is 0. The Kier molecular flexibility index (Phi) is 3.46. The van der Waals surface area contributed by atoms with E-state index in [-0.39, 0.29) is 6.10 Å². The summed E-state index contributed by atoms with van der Waals surface area (Å²) in [7, 11) is 0. The zero-order chi connectivity index (χ0) is 13.1. The van der Waals surface area contributed by atoms with Crippen molar-refractivity contribution in [2.24, 2.45) is 0 Å². The van der Waals surface area contributed by atoms with Crippen molar-refractivity contribution in [3.63, 3.8) is 0 Å². The average molecular weight is 243 g/mol. The van der Waals surface area contributed by atoms with Crippen molar-refractivity contribution in [1.82, 2.24) is 10.2 Å². The molecular weight excluding hydrogens is 226 g/mol. The lowest BCUT2D eigenvalue weighted by Gasteiger charge is -2.13. The van der Waals surface area contributed by atoms with Gasteiger partial charge in [-0.1, -0.05) is 0 Å². The topological polar surface area (TPSA) is 61.0 Å². The van der Waals surface area contributed by atoms with Crippen LogP contribution in [0, 0.1) is 6.92 Å². The SMILES string of the molecule is Cc1cc(-c2ccc(N)nn2)ccc1OC(C)C. The van der Waals surface area contributed by atoms with Gasteiger partial charge in [-0.25, -0.2) is 0 Å². The molecule has 4 nitrogen and oxygen atoms in total. The van der Waals surface area contributed by atoms with Crippen molar-refractivity contribution >= 4 is 5.82 Å². The highest BCUT2D eigenvalue weighted by Gasteiger charge is 2.06. The van der Waals surface area contributed by atoms with Gasteiger partial charge in [-0.2, -0.15) is 0 Å². The molecule has 0 unspecified atom stereocenters. The maximum Gasteiger partial charge on any atom is 0.146 e. The van der Waals surface area contributed by atoms with Crippen LogP contribution in [0.15, 0.2) is 30.3 Å². The van der Waals surface area contributed by atoms with Gasteiger partial charge in [-0.15, -0.1) is 10.2 Å². The first-order chi connectivity index (χ1) is 8.56. The predicted octanol–water partition coefficient (Wildman–Crippen LogP) is 2.82. The van der Waals surface area contributed by atoms with E-state index >= 15 is 0 Å². The van der Waals surface area contributed by atoms with E-state index in [0.29, 0.717) is 5.82 Å². The van der Waals surface area contributed by atoms with Crippen LogP contribution in [0.1, 0.15) is 19.4 Å². The molecule has 1 aromatic heterocycles. The number of benzene rings is 1. The molecule has 0 spiro atoms. The minimum atomic E-state index is 0.172. The van der Waals surface area contributed by atoms with Gasteiger partial charge >= 0.3 is 0 Å². The molecule has 0 amide bonds. The largest absolute Gasteiger partial charge is 0.491 e. The monoisotopic (exact) mass is 243 g/mol. The molecule has 0 saturated heterocycles. The minimum absolute atomic E-state index is 0.172. The number of ether oxygens (including phenoxy) is 1. The molecule has 0 atom stereocenters. The van der Waals surface area contributed by atoms with Crippen LogP contribution >= 0.6 is 0 Å². The second kappa shape index (κ2) is 5.04. The summed E-state index contributed by atoms with van der Waals surface area (Å²) in [5.41, 5.74) is 8.42. The summed E-state index contributed by atoms with van der Waals surface area (Å²) in [5, 5.41) is 7.92. The van der Waals surface area contributed by atoms with Crippen molar-refractivity contribution in [1.29, 1.82) is 0 Å². The van der Waals surface area contributed by atoms with Crippen LogP contribution in [-0.2, 0) is 0 Å². The van der Waals surface area contributed by atoms with E-state index in [1.807, 2.05) is 45.0 Å². The third-order valence-corrected chi connectivity index (χ3v) is 2.52. The van der Waals surface area contributed by atoms with E-state index in [0.717, 1.165) is 22.6 Å². The Balaban J connectivity index is 2.31. The lowest BCUT2D eigenvalue weighted by molar-refractivity contribution is 0.241. The molecule has 0 fully saturated rings. The molecule has 94 valence electrons. The lowest BCUT2D eigenvalue weighted by Crippen LogP contribution is -2.06. The standard InChI is InChI=1S/C14H17N3O/c1-9(2)18-13-6-4-11(8-10(13)3)12-5-7-14(15)17-16-12/h4-9H,1-3H3,(H2,15,17). The van der Waals surface area contributed by atoms with Crippen LogP contribution in [0.4, 0.5) is 5.82 Å². The summed E-state index contributed by atoms with van der Waals surface area (Å²) in [6.07, 6.45) is 0.172. The van der Waals surface area contributed by atoms with Gasteiger partial charge in [0.05, 0.1) is 11.8 Å². The van der Waals surface area contributed by atoms with Gasteiger partial charge in [0, 0.05) is 5.56 Å². The molecule has 2 N–H and O–H groups in total. The molecule has 4 heteroatoms. The van der Waals surface area contributed by atoms with E-state index in [4.69, 9.17) is 10.5 Å². The average Bonchev–Trinajstić information content (AvgIpc) is 2.32. The molecule has 0 aliphatic carbocycles. The normalized spacial score (nSPS) is 10.7. The zero-order valence-electron chi connectivity index (χ0n) is 10.8. The van der Waals surface area contributed by atoms with Crippen LogP contribution in [0.3, 0.4) is 0 Å². The van der Waals surface area contributed by atoms with Gasteiger partial charge in [-0.3, -0.25) is 0 Å². The molecular formula is C14H17N3O. The van der Waals surface area contributed by atoms with Crippen LogP contribution in [-0.4, -0.2) is 16.3 Å². The third-order valence-electron chi connectivity index (χ3n) is 2.52. The van der Waals surface area contributed by atoms with E-state index in [9.17, 15) is 0 Å². The Morgan fingerprint density at radius 1 is 1.11 bits per heavy atom. The van der Waals surface area contributed by atoms with Crippen molar-refractivity contribution in [3.8, 4) is 17.0 Å². The Hall–Kier alpha value is -2.10. The molecule has 0 aliphatic rings. The smallest absolute Gasteiger partial charge is 0.146 e. The van der Waals surface area contributed by atoms with Gasteiger partial charge in [-0.05, 0) is 56.7 Å². The summed E-state index contributed by atoms with van der Waals surface area (Å²) in [6.45, 7) is 6.05. The van der Waals surface area contributed by atoms with Crippen molar-refractivity contribution < 1.29 is 4.74 Å².